The minimum atomic E-state index is 0.449. The average Bonchev–Trinajstić information content (AvgIpc) is 3.39. The van der Waals surface area contributed by atoms with Gasteiger partial charge in [0.2, 0.25) is 0 Å². The van der Waals surface area contributed by atoms with Crippen LogP contribution < -0.4 is 16.0 Å². The molecule has 8 heteroatoms. The van der Waals surface area contributed by atoms with Crippen LogP contribution in [0.5, 0.6) is 0 Å². The molecule has 0 aromatic carbocycles. The number of piperidine rings is 2. The molecule has 1 atom stereocenters. The summed E-state index contributed by atoms with van der Waals surface area (Å²) in [6.45, 7) is 4.21. The van der Waals surface area contributed by atoms with E-state index in [0.29, 0.717) is 12.0 Å². The van der Waals surface area contributed by atoms with Gasteiger partial charge in [0.25, 0.3) is 0 Å². The molecular weight excluding hydrogens is 340 g/mol. The Morgan fingerprint density at radius 1 is 1.07 bits per heavy atom. The zero-order valence-electron chi connectivity index (χ0n) is 15.4. The molecule has 142 valence electrons. The predicted molar refractivity (Wildman–Crippen MR) is 105 cm³/mol. The Kier molecular flexibility index (Phi) is 4.51. The van der Waals surface area contributed by atoms with E-state index in [4.69, 9.17) is 4.98 Å². The monoisotopic (exact) mass is 366 g/mol. The van der Waals surface area contributed by atoms with Crippen molar-refractivity contribution in [2.24, 2.45) is 0 Å². The zero-order valence-corrected chi connectivity index (χ0v) is 15.4. The van der Waals surface area contributed by atoms with Crippen molar-refractivity contribution in [2.75, 3.05) is 31.5 Å². The molecule has 2 aliphatic rings. The molecule has 3 aromatic rings. The second-order valence-corrected chi connectivity index (χ2v) is 7.56. The summed E-state index contributed by atoms with van der Waals surface area (Å²) in [5.74, 6) is 1.49. The van der Waals surface area contributed by atoms with E-state index in [1.54, 1.807) is 0 Å². The molecule has 0 aliphatic carbocycles. The molecule has 0 saturated carbocycles. The fourth-order valence-corrected chi connectivity index (χ4v) is 4.18. The quantitative estimate of drug-likeness (QED) is 0.562. The third-order valence-electron chi connectivity index (χ3n) is 5.71. The fourth-order valence-electron chi connectivity index (χ4n) is 4.18. The molecule has 0 radical (unpaired) electrons. The summed E-state index contributed by atoms with van der Waals surface area (Å²) in [7, 11) is 0. The molecule has 2 fully saturated rings. The maximum absolute atomic E-state index is 5.04. The van der Waals surface area contributed by atoms with Crippen LogP contribution in [-0.4, -0.2) is 57.0 Å². The summed E-state index contributed by atoms with van der Waals surface area (Å²) in [5.41, 5.74) is 4.08. The van der Waals surface area contributed by atoms with Gasteiger partial charge in [-0.3, -0.25) is 5.10 Å². The van der Waals surface area contributed by atoms with E-state index >= 15 is 0 Å². The summed E-state index contributed by atoms with van der Waals surface area (Å²) in [5, 5.41) is 22.3. The molecule has 2 saturated heterocycles. The molecular formula is C19H26N8. The summed E-state index contributed by atoms with van der Waals surface area (Å²) < 4.78 is 1.95. The molecule has 1 unspecified atom stereocenters. The van der Waals surface area contributed by atoms with Crippen molar-refractivity contribution >= 4 is 11.5 Å². The van der Waals surface area contributed by atoms with E-state index in [2.05, 4.69) is 37.3 Å². The van der Waals surface area contributed by atoms with Crippen LogP contribution in [0.25, 0.3) is 16.8 Å². The van der Waals surface area contributed by atoms with Crippen molar-refractivity contribution in [3.8, 4) is 11.1 Å². The van der Waals surface area contributed by atoms with Gasteiger partial charge in [-0.1, -0.05) is 0 Å². The van der Waals surface area contributed by atoms with E-state index in [-0.39, 0.29) is 0 Å². The Morgan fingerprint density at radius 2 is 2.00 bits per heavy atom. The number of rotatable bonds is 4. The highest BCUT2D eigenvalue weighted by molar-refractivity contribution is 5.77. The zero-order chi connectivity index (χ0) is 18.1. The first-order chi connectivity index (χ1) is 13.4. The molecule has 3 aromatic heterocycles. The number of nitrogens with one attached hydrogen (secondary N) is 4. The molecule has 0 bridgehead atoms. The first kappa shape index (κ1) is 16.7. The SMILES string of the molecule is c1n[nH]cc1-c1cnn2c(NC3CCNCC3)cc(C3CCCNC3)nc12. The third-order valence-corrected chi connectivity index (χ3v) is 5.71. The molecule has 4 N–H and O–H groups in total. The summed E-state index contributed by atoms with van der Waals surface area (Å²) >= 11 is 0. The van der Waals surface area contributed by atoms with Crippen LogP contribution in [0.2, 0.25) is 0 Å². The Balaban J connectivity index is 1.58. The van der Waals surface area contributed by atoms with Gasteiger partial charge in [0.1, 0.15) is 5.82 Å². The lowest BCUT2D eigenvalue weighted by atomic mass is 9.95. The van der Waals surface area contributed by atoms with Crippen molar-refractivity contribution < 1.29 is 0 Å². The number of hydrogen-bond donors (Lipinski definition) is 4. The fraction of sp³-hybridized carbons (Fsp3) is 0.526. The largest absolute Gasteiger partial charge is 0.367 e. The lowest BCUT2D eigenvalue weighted by molar-refractivity contribution is 0.454. The van der Waals surface area contributed by atoms with Gasteiger partial charge < -0.3 is 16.0 Å². The maximum atomic E-state index is 5.04. The van der Waals surface area contributed by atoms with E-state index in [0.717, 1.165) is 67.3 Å². The molecule has 0 spiro atoms. The summed E-state index contributed by atoms with van der Waals surface area (Å²) in [6, 6.07) is 2.68. The van der Waals surface area contributed by atoms with Crippen LogP contribution in [0, 0.1) is 0 Å². The average molecular weight is 366 g/mol. The first-order valence-electron chi connectivity index (χ1n) is 9.94. The van der Waals surface area contributed by atoms with Crippen molar-refractivity contribution in [1.29, 1.82) is 0 Å². The lowest BCUT2D eigenvalue weighted by Gasteiger charge is -2.26. The molecule has 0 amide bonds. The summed E-state index contributed by atoms with van der Waals surface area (Å²) in [6.07, 6.45) is 10.2. The van der Waals surface area contributed by atoms with Gasteiger partial charge in [-0.15, -0.1) is 0 Å². The van der Waals surface area contributed by atoms with Gasteiger partial charge >= 0.3 is 0 Å². The van der Waals surface area contributed by atoms with Gasteiger partial charge in [-0.2, -0.15) is 14.7 Å². The first-order valence-corrected chi connectivity index (χ1v) is 9.94. The Bertz CT molecular complexity index is 888. The molecule has 5 rings (SSSR count). The molecule has 2 aliphatic heterocycles. The number of aromatic nitrogens is 5. The Morgan fingerprint density at radius 3 is 2.78 bits per heavy atom. The van der Waals surface area contributed by atoms with Gasteiger partial charge in [0.05, 0.1) is 18.1 Å². The van der Waals surface area contributed by atoms with Gasteiger partial charge in [-0.25, -0.2) is 4.98 Å². The van der Waals surface area contributed by atoms with E-state index in [1.165, 1.54) is 12.8 Å². The number of fused-ring (bicyclic) bond motifs is 1. The molecule has 27 heavy (non-hydrogen) atoms. The predicted octanol–water partition coefficient (Wildman–Crippen LogP) is 1.75. The summed E-state index contributed by atoms with van der Waals surface area (Å²) in [4.78, 5) is 5.04. The number of nitrogens with zero attached hydrogens (tertiary/aromatic N) is 4. The van der Waals surface area contributed by atoms with E-state index < -0.39 is 0 Å². The van der Waals surface area contributed by atoms with Gasteiger partial charge in [-0.05, 0) is 45.3 Å². The topological polar surface area (TPSA) is 95.0 Å². The Labute approximate surface area is 158 Å². The highest BCUT2D eigenvalue weighted by Crippen LogP contribution is 2.30. The van der Waals surface area contributed by atoms with Crippen LogP contribution in [-0.2, 0) is 0 Å². The van der Waals surface area contributed by atoms with Crippen molar-refractivity contribution in [2.45, 2.75) is 37.6 Å². The van der Waals surface area contributed by atoms with Crippen molar-refractivity contribution in [1.82, 2.24) is 35.4 Å². The van der Waals surface area contributed by atoms with Gasteiger partial charge in [0.15, 0.2) is 5.65 Å². The normalized spacial score (nSPS) is 21.6. The number of hydrogen-bond acceptors (Lipinski definition) is 6. The number of aromatic amines is 1. The van der Waals surface area contributed by atoms with E-state index in [9.17, 15) is 0 Å². The van der Waals surface area contributed by atoms with Crippen molar-refractivity contribution in [3.05, 3.63) is 30.4 Å². The molecule has 5 heterocycles. The van der Waals surface area contributed by atoms with Crippen LogP contribution in [0.15, 0.2) is 24.7 Å². The maximum Gasteiger partial charge on any atom is 0.165 e. The highest BCUT2D eigenvalue weighted by Gasteiger charge is 2.22. The Hall–Kier alpha value is -2.45. The van der Waals surface area contributed by atoms with Crippen LogP contribution in [0.4, 0.5) is 5.82 Å². The minimum Gasteiger partial charge on any atom is -0.367 e. The minimum absolute atomic E-state index is 0.449. The number of anilines is 1. The lowest BCUT2D eigenvalue weighted by Crippen LogP contribution is -2.36. The van der Waals surface area contributed by atoms with Crippen LogP contribution in [0.1, 0.15) is 37.3 Å². The van der Waals surface area contributed by atoms with Crippen molar-refractivity contribution in [3.63, 3.8) is 0 Å². The number of H-pyrrole nitrogens is 1. The molecule has 8 nitrogen and oxygen atoms in total. The standard InChI is InChI=1S/C19H26N8/c1-2-13(9-21-5-1)17-8-18(25-15-3-6-20-7-4-15)27-19(26-17)16(12-24-27)14-10-22-23-11-14/h8,10-13,15,20-21,25H,1-7,9H2,(H,22,23). The highest BCUT2D eigenvalue weighted by atomic mass is 15.3. The third kappa shape index (κ3) is 3.30. The van der Waals surface area contributed by atoms with Crippen LogP contribution >= 0.6 is 0 Å². The van der Waals surface area contributed by atoms with E-state index in [1.807, 2.05) is 23.1 Å². The second kappa shape index (κ2) is 7.28. The second-order valence-electron chi connectivity index (χ2n) is 7.56. The smallest absolute Gasteiger partial charge is 0.165 e. The van der Waals surface area contributed by atoms with Gasteiger partial charge in [0, 0.05) is 41.9 Å². The van der Waals surface area contributed by atoms with Crippen LogP contribution in [0.3, 0.4) is 0 Å².